The second kappa shape index (κ2) is 6.68. The summed E-state index contributed by atoms with van der Waals surface area (Å²) in [6, 6.07) is 4.70. The second-order valence-electron chi connectivity index (χ2n) is 5.00. The number of nitrogens with one attached hydrogen (secondary N) is 1. The maximum atomic E-state index is 13.8. The van der Waals surface area contributed by atoms with Gasteiger partial charge < -0.3 is 9.88 Å². The molecule has 3 aromatic rings. The number of carbonyl (C=O) groups is 1. The smallest absolute Gasteiger partial charge is 0.262 e. The molecule has 0 bridgehead atoms. The van der Waals surface area contributed by atoms with Crippen LogP contribution in [0, 0.1) is 5.82 Å². The molecule has 0 unspecified atom stereocenters. The number of aryl methyl sites for hydroxylation is 1. The first-order valence-corrected chi connectivity index (χ1v) is 8.46. The van der Waals surface area contributed by atoms with Crippen molar-refractivity contribution in [3.8, 4) is 0 Å². The molecule has 1 amide bonds. The summed E-state index contributed by atoms with van der Waals surface area (Å²) in [7, 11) is 0. The zero-order chi connectivity index (χ0) is 16.4. The van der Waals surface area contributed by atoms with E-state index in [1.165, 1.54) is 17.4 Å². The van der Waals surface area contributed by atoms with E-state index < -0.39 is 5.82 Å². The number of hydrogen-bond acceptors (Lipinski definition) is 3. The zero-order valence-corrected chi connectivity index (χ0v) is 14.0. The van der Waals surface area contributed by atoms with Crippen molar-refractivity contribution in [2.24, 2.45) is 0 Å². The van der Waals surface area contributed by atoms with Gasteiger partial charge in [-0.3, -0.25) is 4.79 Å². The monoisotopic (exact) mass is 351 g/mol. The summed E-state index contributed by atoms with van der Waals surface area (Å²) in [5.74, 6) is 0.281. The Bertz CT molecular complexity index is 858. The van der Waals surface area contributed by atoms with E-state index in [1.54, 1.807) is 18.3 Å². The second-order valence-corrected chi connectivity index (χ2v) is 6.43. The number of imidazole rings is 1. The summed E-state index contributed by atoms with van der Waals surface area (Å²) in [6.45, 7) is 3.12. The fraction of sp³-hybridized carbons (Fsp3) is 0.250. The first-order valence-electron chi connectivity index (χ1n) is 7.26. The molecule has 0 radical (unpaired) electrons. The highest BCUT2D eigenvalue weighted by Crippen LogP contribution is 2.36. The van der Waals surface area contributed by atoms with Crippen LogP contribution in [0.2, 0.25) is 5.02 Å². The minimum Gasteiger partial charge on any atom is -0.349 e. The number of hydrogen-bond donors (Lipinski definition) is 1. The van der Waals surface area contributed by atoms with Crippen molar-refractivity contribution in [2.45, 2.75) is 19.9 Å². The van der Waals surface area contributed by atoms with Crippen LogP contribution in [-0.4, -0.2) is 22.0 Å². The van der Waals surface area contributed by atoms with E-state index in [-0.39, 0.29) is 10.9 Å². The van der Waals surface area contributed by atoms with Crippen LogP contribution >= 0.6 is 22.9 Å². The predicted octanol–water partition coefficient (Wildman–Crippen LogP) is 3.88. The quantitative estimate of drug-likeness (QED) is 0.758. The number of amides is 1. The maximum Gasteiger partial charge on any atom is 0.262 e. The summed E-state index contributed by atoms with van der Waals surface area (Å²) >= 11 is 7.38. The number of nitrogens with zero attached hydrogens (tertiary/aromatic N) is 2. The average molecular weight is 352 g/mol. The molecule has 0 saturated heterocycles. The minimum absolute atomic E-state index is 0.178. The molecule has 1 aromatic carbocycles. The van der Waals surface area contributed by atoms with E-state index in [0.717, 1.165) is 12.2 Å². The van der Waals surface area contributed by atoms with Crippen LogP contribution in [0.25, 0.3) is 10.1 Å². The lowest BCUT2D eigenvalue weighted by Gasteiger charge is -2.07. The highest BCUT2D eigenvalue weighted by Gasteiger charge is 2.19. The average Bonchev–Trinajstić information content (AvgIpc) is 3.12. The van der Waals surface area contributed by atoms with Crippen LogP contribution in [0.5, 0.6) is 0 Å². The Balaban J connectivity index is 1.71. The van der Waals surface area contributed by atoms with Gasteiger partial charge in [-0.25, -0.2) is 9.37 Å². The number of rotatable bonds is 5. The van der Waals surface area contributed by atoms with Crippen molar-refractivity contribution < 1.29 is 9.18 Å². The van der Waals surface area contributed by atoms with Gasteiger partial charge in [0, 0.05) is 42.0 Å². The van der Waals surface area contributed by atoms with Crippen molar-refractivity contribution >= 4 is 38.9 Å². The van der Waals surface area contributed by atoms with E-state index >= 15 is 0 Å². The molecule has 2 aromatic heterocycles. The molecule has 0 fully saturated rings. The largest absolute Gasteiger partial charge is 0.349 e. The molecule has 23 heavy (non-hydrogen) atoms. The summed E-state index contributed by atoms with van der Waals surface area (Å²) in [4.78, 5) is 16.9. The van der Waals surface area contributed by atoms with Gasteiger partial charge in [-0.2, -0.15) is 0 Å². The molecule has 0 saturated carbocycles. The van der Waals surface area contributed by atoms with E-state index in [2.05, 4.69) is 10.3 Å². The molecule has 0 atom stereocenters. The van der Waals surface area contributed by atoms with Gasteiger partial charge in [0.15, 0.2) is 0 Å². The van der Waals surface area contributed by atoms with Crippen molar-refractivity contribution in [2.75, 3.05) is 6.54 Å². The van der Waals surface area contributed by atoms with Crippen LogP contribution in [0.15, 0.2) is 30.6 Å². The lowest BCUT2D eigenvalue weighted by Crippen LogP contribution is -2.27. The SMILES string of the molecule is CCc1nccn1CCNC(=O)c1sc2cccc(F)c2c1Cl. The van der Waals surface area contributed by atoms with Gasteiger partial charge in [0.05, 0.1) is 5.02 Å². The molecular formula is C16H15ClFN3OS. The first kappa shape index (κ1) is 16.0. The predicted molar refractivity (Wildman–Crippen MR) is 90.7 cm³/mol. The molecule has 0 spiro atoms. The summed E-state index contributed by atoms with van der Waals surface area (Å²) < 4.78 is 16.5. The number of carbonyl (C=O) groups excluding carboxylic acids is 1. The number of aromatic nitrogens is 2. The summed E-state index contributed by atoms with van der Waals surface area (Å²) in [6.07, 6.45) is 4.46. The molecular weight excluding hydrogens is 337 g/mol. The van der Waals surface area contributed by atoms with Crippen molar-refractivity contribution in [3.63, 3.8) is 0 Å². The lowest BCUT2D eigenvalue weighted by atomic mass is 10.2. The standard InChI is InChI=1S/C16H15ClFN3OS/c1-2-12-19-6-8-21(12)9-7-20-16(22)15-14(17)13-10(18)4-3-5-11(13)23-15/h3-6,8H,2,7,9H2,1H3,(H,20,22). The number of halogens is 2. The highest BCUT2D eigenvalue weighted by molar-refractivity contribution is 7.21. The van der Waals surface area contributed by atoms with Crippen molar-refractivity contribution in [3.05, 3.63) is 52.1 Å². The Hall–Kier alpha value is -1.92. The Morgan fingerprint density at radius 2 is 2.30 bits per heavy atom. The van der Waals surface area contributed by atoms with Crippen LogP contribution in [-0.2, 0) is 13.0 Å². The van der Waals surface area contributed by atoms with Gasteiger partial charge in [0.2, 0.25) is 0 Å². The van der Waals surface area contributed by atoms with Gasteiger partial charge >= 0.3 is 0 Å². The number of thiophene rings is 1. The molecule has 2 heterocycles. The van der Waals surface area contributed by atoms with E-state index in [1.807, 2.05) is 17.7 Å². The maximum absolute atomic E-state index is 13.8. The third-order valence-corrected chi connectivity index (χ3v) is 5.21. The Kier molecular flexibility index (Phi) is 4.63. The van der Waals surface area contributed by atoms with E-state index in [4.69, 9.17) is 11.6 Å². The molecule has 4 nitrogen and oxygen atoms in total. The fourth-order valence-corrected chi connectivity index (χ4v) is 3.92. The van der Waals surface area contributed by atoms with Crippen LogP contribution in [0.3, 0.4) is 0 Å². The molecule has 0 aliphatic carbocycles. The van der Waals surface area contributed by atoms with Crippen molar-refractivity contribution in [1.82, 2.24) is 14.9 Å². The Morgan fingerprint density at radius 1 is 1.48 bits per heavy atom. The third-order valence-electron chi connectivity index (χ3n) is 3.57. The first-order chi connectivity index (χ1) is 11.1. The van der Waals surface area contributed by atoms with Gasteiger partial charge in [-0.05, 0) is 12.1 Å². The fourth-order valence-electron chi connectivity index (χ4n) is 2.44. The van der Waals surface area contributed by atoms with E-state index in [0.29, 0.717) is 28.1 Å². The molecule has 3 rings (SSSR count). The van der Waals surface area contributed by atoms with Gasteiger partial charge in [-0.1, -0.05) is 24.6 Å². The summed E-state index contributed by atoms with van der Waals surface area (Å²) in [5, 5.41) is 3.32. The number of benzene rings is 1. The highest BCUT2D eigenvalue weighted by atomic mass is 35.5. The third kappa shape index (κ3) is 3.09. The summed E-state index contributed by atoms with van der Waals surface area (Å²) in [5.41, 5.74) is 0. The Labute approximate surface area is 141 Å². The molecule has 120 valence electrons. The van der Waals surface area contributed by atoms with Gasteiger partial charge in [-0.15, -0.1) is 11.3 Å². The van der Waals surface area contributed by atoms with Crippen LogP contribution < -0.4 is 5.32 Å². The molecule has 0 aliphatic heterocycles. The van der Waals surface area contributed by atoms with Gasteiger partial charge in [0.25, 0.3) is 5.91 Å². The lowest BCUT2D eigenvalue weighted by molar-refractivity contribution is 0.0956. The molecule has 1 N–H and O–H groups in total. The van der Waals surface area contributed by atoms with Crippen LogP contribution in [0.4, 0.5) is 4.39 Å². The van der Waals surface area contributed by atoms with Gasteiger partial charge in [0.1, 0.15) is 16.5 Å². The van der Waals surface area contributed by atoms with Crippen LogP contribution in [0.1, 0.15) is 22.4 Å². The van der Waals surface area contributed by atoms with E-state index in [9.17, 15) is 9.18 Å². The molecule has 0 aliphatic rings. The zero-order valence-electron chi connectivity index (χ0n) is 12.5. The molecule has 7 heteroatoms. The Morgan fingerprint density at radius 3 is 3.04 bits per heavy atom. The topological polar surface area (TPSA) is 46.9 Å². The van der Waals surface area contributed by atoms with Crippen molar-refractivity contribution in [1.29, 1.82) is 0 Å². The normalized spacial score (nSPS) is 11.1. The minimum atomic E-state index is -0.409. The number of fused-ring (bicyclic) bond motifs is 1.